The van der Waals surface area contributed by atoms with Gasteiger partial charge < -0.3 is 19.2 Å². The molecule has 25 heavy (non-hydrogen) atoms. The molecule has 2 aromatic carbocycles. The number of aromatic nitrogens is 2. The number of nitrogens with one attached hydrogen (secondary N) is 1. The van der Waals surface area contributed by atoms with E-state index in [4.69, 9.17) is 13.9 Å². The zero-order valence-corrected chi connectivity index (χ0v) is 13.9. The summed E-state index contributed by atoms with van der Waals surface area (Å²) in [5.41, 5.74) is 1.56. The molecule has 0 unspecified atom stereocenters. The van der Waals surface area contributed by atoms with Gasteiger partial charge in [-0.2, -0.15) is 0 Å². The van der Waals surface area contributed by atoms with E-state index < -0.39 is 5.91 Å². The van der Waals surface area contributed by atoms with Crippen LogP contribution in [0.3, 0.4) is 0 Å². The molecule has 0 spiro atoms. The van der Waals surface area contributed by atoms with Gasteiger partial charge in [0.1, 0.15) is 11.5 Å². The second-order valence-corrected chi connectivity index (χ2v) is 5.14. The molecule has 0 fully saturated rings. The van der Waals surface area contributed by atoms with E-state index in [0.29, 0.717) is 17.9 Å². The summed E-state index contributed by atoms with van der Waals surface area (Å²) in [4.78, 5) is 12.2. The standard InChI is InChI=1S/C18H17N3O4/c1-23-13-9-7-12(8-10-13)11-19-16(22)18-21-20-17(25-18)14-5-3-4-6-15(14)24-2/h3-10H,11H2,1-2H3,(H,19,22). The van der Waals surface area contributed by atoms with Crippen LogP contribution in [0.15, 0.2) is 52.9 Å². The smallest absolute Gasteiger partial charge is 0.309 e. The van der Waals surface area contributed by atoms with Crippen LogP contribution in [0.5, 0.6) is 11.5 Å². The highest BCUT2D eigenvalue weighted by molar-refractivity contribution is 5.89. The van der Waals surface area contributed by atoms with Gasteiger partial charge in [0.2, 0.25) is 0 Å². The van der Waals surface area contributed by atoms with Crippen LogP contribution in [0.4, 0.5) is 0 Å². The summed E-state index contributed by atoms with van der Waals surface area (Å²) in [6.45, 7) is 0.342. The number of nitrogens with zero attached hydrogens (tertiary/aromatic N) is 2. The van der Waals surface area contributed by atoms with Crippen molar-refractivity contribution in [1.29, 1.82) is 0 Å². The van der Waals surface area contributed by atoms with Crippen LogP contribution in [0.25, 0.3) is 11.5 Å². The second-order valence-electron chi connectivity index (χ2n) is 5.14. The Morgan fingerprint density at radius 1 is 1.04 bits per heavy atom. The zero-order valence-electron chi connectivity index (χ0n) is 13.9. The van der Waals surface area contributed by atoms with Gasteiger partial charge in [-0.05, 0) is 29.8 Å². The fourth-order valence-electron chi connectivity index (χ4n) is 2.25. The van der Waals surface area contributed by atoms with Gasteiger partial charge in [-0.15, -0.1) is 10.2 Å². The highest BCUT2D eigenvalue weighted by atomic mass is 16.5. The van der Waals surface area contributed by atoms with Crippen LogP contribution < -0.4 is 14.8 Å². The van der Waals surface area contributed by atoms with Gasteiger partial charge in [0.15, 0.2) is 0 Å². The number of amides is 1. The highest BCUT2D eigenvalue weighted by Crippen LogP contribution is 2.28. The molecule has 7 heteroatoms. The first-order chi connectivity index (χ1) is 12.2. The van der Waals surface area contributed by atoms with E-state index in [-0.39, 0.29) is 11.8 Å². The van der Waals surface area contributed by atoms with Crippen molar-refractivity contribution in [3.63, 3.8) is 0 Å². The van der Waals surface area contributed by atoms with Gasteiger partial charge in [-0.1, -0.05) is 24.3 Å². The van der Waals surface area contributed by atoms with E-state index in [9.17, 15) is 4.79 Å². The summed E-state index contributed by atoms with van der Waals surface area (Å²) < 4.78 is 15.8. The Kier molecular flexibility index (Phi) is 4.94. The SMILES string of the molecule is COc1ccc(CNC(=O)c2nnc(-c3ccccc3OC)o2)cc1. The van der Waals surface area contributed by atoms with Crippen molar-refractivity contribution in [2.75, 3.05) is 14.2 Å². The maximum Gasteiger partial charge on any atom is 0.309 e. The molecule has 1 N–H and O–H groups in total. The molecule has 0 saturated heterocycles. The lowest BCUT2D eigenvalue weighted by Gasteiger charge is -2.04. The normalized spacial score (nSPS) is 10.3. The largest absolute Gasteiger partial charge is 0.497 e. The van der Waals surface area contributed by atoms with Crippen molar-refractivity contribution in [2.24, 2.45) is 0 Å². The molecule has 0 atom stereocenters. The number of hydrogen-bond acceptors (Lipinski definition) is 6. The quantitative estimate of drug-likeness (QED) is 0.743. The van der Waals surface area contributed by atoms with Crippen molar-refractivity contribution in [3.05, 3.63) is 60.0 Å². The van der Waals surface area contributed by atoms with Gasteiger partial charge in [-0.3, -0.25) is 4.79 Å². The monoisotopic (exact) mass is 339 g/mol. The lowest BCUT2D eigenvalue weighted by molar-refractivity contribution is 0.0917. The molecule has 1 amide bonds. The number of methoxy groups -OCH3 is 2. The first kappa shape index (κ1) is 16.5. The predicted octanol–water partition coefficient (Wildman–Crippen LogP) is 2.68. The predicted molar refractivity (Wildman–Crippen MR) is 90.5 cm³/mol. The minimum Gasteiger partial charge on any atom is -0.497 e. The Hall–Kier alpha value is -3.35. The molecule has 0 bridgehead atoms. The molecule has 7 nitrogen and oxygen atoms in total. The van der Waals surface area contributed by atoms with Gasteiger partial charge in [-0.25, -0.2) is 0 Å². The van der Waals surface area contributed by atoms with E-state index in [0.717, 1.165) is 11.3 Å². The van der Waals surface area contributed by atoms with E-state index in [1.54, 1.807) is 26.4 Å². The summed E-state index contributed by atoms with van der Waals surface area (Å²) in [6.07, 6.45) is 0. The number of benzene rings is 2. The molecule has 0 saturated carbocycles. The van der Waals surface area contributed by atoms with E-state index in [1.165, 1.54) is 0 Å². The van der Waals surface area contributed by atoms with Crippen LogP contribution in [0.1, 0.15) is 16.2 Å². The molecule has 0 aliphatic rings. The lowest BCUT2D eigenvalue weighted by atomic mass is 10.2. The topological polar surface area (TPSA) is 86.5 Å². The zero-order chi connectivity index (χ0) is 17.6. The Balaban J connectivity index is 1.68. The van der Waals surface area contributed by atoms with Gasteiger partial charge in [0.05, 0.1) is 19.8 Å². The number of rotatable bonds is 6. The number of carbonyl (C=O) groups is 1. The van der Waals surface area contributed by atoms with Crippen molar-refractivity contribution in [1.82, 2.24) is 15.5 Å². The van der Waals surface area contributed by atoms with Crippen LogP contribution >= 0.6 is 0 Å². The van der Waals surface area contributed by atoms with E-state index >= 15 is 0 Å². The molecule has 128 valence electrons. The average molecular weight is 339 g/mol. The average Bonchev–Trinajstić information content (AvgIpc) is 3.16. The second kappa shape index (κ2) is 7.48. The highest BCUT2D eigenvalue weighted by Gasteiger charge is 2.17. The molecule has 1 aromatic heterocycles. The third-order valence-electron chi connectivity index (χ3n) is 3.57. The molecular formula is C18H17N3O4. The number of carbonyl (C=O) groups excluding carboxylic acids is 1. The molecule has 0 radical (unpaired) electrons. The Labute approximate surface area is 144 Å². The minimum absolute atomic E-state index is 0.102. The minimum atomic E-state index is -0.440. The summed E-state index contributed by atoms with van der Waals surface area (Å²) in [7, 11) is 3.16. The van der Waals surface area contributed by atoms with Crippen molar-refractivity contribution in [2.45, 2.75) is 6.54 Å². The van der Waals surface area contributed by atoms with Crippen molar-refractivity contribution in [3.8, 4) is 23.0 Å². The van der Waals surface area contributed by atoms with E-state index in [1.807, 2.05) is 36.4 Å². The van der Waals surface area contributed by atoms with Crippen LogP contribution in [0.2, 0.25) is 0 Å². The molecule has 3 rings (SSSR count). The van der Waals surface area contributed by atoms with Gasteiger partial charge in [0, 0.05) is 6.54 Å². The summed E-state index contributed by atoms with van der Waals surface area (Å²) in [5.74, 6) is 1.04. The van der Waals surface area contributed by atoms with Gasteiger partial charge in [0.25, 0.3) is 5.89 Å². The summed E-state index contributed by atoms with van der Waals surface area (Å²) in [6, 6.07) is 14.6. The number of para-hydroxylation sites is 1. The Morgan fingerprint density at radius 2 is 1.80 bits per heavy atom. The number of ether oxygens (including phenoxy) is 2. The van der Waals surface area contributed by atoms with Crippen LogP contribution in [0, 0.1) is 0 Å². The lowest BCUT2D eigenvalue weighted by Crippen LogP contribution is -2.23. The molecule has 0 aliphatic heterocycles. The molecule has 1 heterocycles. The maximum absolute atomic E-state index is 12.2. The fourth-order valence-corrected chi connectivity index (χ4v) is 2.25. The number of hydrogen-bond donors (Lipinski definition) is 1. The third kappa shape index (κ3) is 3.77. The van der Waals surface area contributed by atoms with Crippen molar-refractivity contribution < 1.29 is 18.7 Å². The Bertz CT molecular complexity index is 859. The maximum atomic E-state index is 12.2. The summed E-state index contributed by atoms with van der Waals surface area (Å²) in [5, 5.41) is 10.5. The first-order valence-electron chi connectivity index (χ1n) is 7.59. The van der Waals surface area contributed by atoms with Crippen molar-refractivity contribution >= 4 is 5.91 Å². The van der Waals surface area contributed by atoms with Gasteiger partial charge >= 0.3 is 11.8 Å². The van der Waals surface area contributed by atoms with Crippen LogP contribution in [-0.4, -0.2) is 30.3 Å². The molecule has 0 aliphatic carbocycles. The first-order valence-corrected chi connectivity index (χ1v) is 7.59. The third-order valence-corrected chi connectivity index (χ3v) is 3.57. The van der Waals surface area contributed by atoms with E-state index in [2.05, 4.69) is 15.5 Å². The summed E-state index contributed by atoms with van der Waals surface area (Å²) >= 11 is 0. The fraction of sp³-hybridized carbons (Fsp3) is 0.167. The molecule has 3 aromatic rings. The Morgan fingerprint density at radius 3 is 2.52 bits per heavy atom. The molecular weight excluding hydrogens is 322 g/mol. The van der Waals surface area contributed by atoms with Crippen LogP contribution in [-0.2, 0) is 6.54 Å².